The number of anilines is 2. The molecular formula is C25H30N4. The predicted molar refractivity (Wildman–Crippen MR) is 120 cm³/mol. The molecule has 0 saturated carbocycles. The van der Waals surface area contributed by atoms with Crippen molar-refractivity contribution in [1.82, 2.24) is 9.97 Å². The first-order valence-corrected chi connectivity index (χ1v) is 10.4. The summed E-state index contributed by atoms with van der Waals surface area (Å²) in [4.78, 5) is 12.1. The molecule has 0 bridgehead atoms. The van der Waals surface area contributed by atoms with Gasteiger partial charge in [-0.05, 0) is 42.9 Å². The molecule has 2 aromatic carbocycles. The molecule has 4 nitrogen and oxygen atoms in total. The van der Waals surface area contributed by atoms with Crippen LogP contribution in [0.25, 0.3) is 0 Å². The Bertz CT molecular complexity index is 979. The fraction of sp³-hybridized carbons (Fsp3) is 0.360. The lowest BCUT2D eigenvalue weighted by Crippen LogP contribution is -2.49. The molecule has 0 unspecified atom stereocenters. The highest BCUT2D eigenvalue weighted by Crippen LogP contribution is 2.35. The maximum atomic E-state index is 4.93. The van der Waals surface area contributed by atoms with E-state index in [1.54, 1.807) is 0 Å². The summed E-state index contributed by atoms with van der Waals surface area (Å²) in [6.45, 7) is 10.6. The summed E-state index contributed by atoms with van der Waals surface area (Å²) in [5.74, 6) is 2.04. The minimum Gasteiger partial charge on any atom is -0.350 e. The minimum atomic E-state index is -0.00629. The van der Waals surface area contributed by atoms with Crippen LogP contribution in [0.4, 0.5) is 11.8 Å². The van der Waals surface area contributed by atoms with Crippen molar-refractivity contribution in [2.75, 3.05) is 10.2 Å². The molecule has 1 aliphatic heterocycles. The van der Waals surface area contributed by atoms with Crippen LogP contribution in [0.1, 0.15) is 56.0 Å². The SMILES string of the molecule is CC(C)c1cc(N2Cc3ccccc3CC2(C)C)nc(NCc2ccccc2)n1. The average Bonchev–Trinajstić information content (AvgIpc) is 2.71. The number of hydrogen-bond acceptors (Lipinski definition) is 4. The fourth-order valence-corrected chi connectivity index (χ4v) is 3.96. The lowest BCUT2D eigenvalue weighted by Gasteiger charge is -2.44. The summed E-state index contributed by atoms with van der Waals surface area (Å²) < 4.78 is 0. The first kappa shape index (κ1) is 19.4. The van der Waals surface area contributed by atoms with Gasteiger partial charge < -0.3 is 10.2 Å². The number of fused-ring (bicyclic) bond motifs is 1. The second-order valence-corrected chi connectivity index (χ2v) is 8.81. The number of nitrogens with one attached hydrogen (secondary N) is 1. The van der Waals surface area contributed by atoms with Gasteiger partial charge in [-0.15, -0.1) is 0 Å². The van der Waals surface area contributed by atoms with E-state index in [-0.39, 0.29) is 5.54 Å². The average molecular weight is 387 g/mol. The Balaban J connectivity index is 1.66. The number of hydrogen-bond donors (Lipinski definition) is 1. The van der Waals surface area contributed by atoms with E-state index in [1.165, 1.54) is 16.7 Å². The first-order valence-electron chi connectivity index (χ1n) is 10.4. The Kier molecular flexibility index (Phi) is 5.27. The zero-order valence-electron chi connectivity index (χ0n) is 17.8. The van der Waals surface area contributed by atoms with E-state index < -0.39 is 0 Å². The van der Waals surface area contributed by atoms with Crippen LogP contribution >= 0.6 is 0 Å². The second-order valence-electron chi connectivity index (χ2n) is 8.81. The van der Waals surface area contributed by atoms with E-state index in [0.29, 0.717) is 18.4 Å². The molecule has 0 amide bonds. The van der Waals surface area contributed by atoms with Crippen LogP contribution in [0, 0.1) is 0 Å². The van der Waals surface area contributed by atoms with Crippen molar-refractivity contribution in [2.24, 2.45) is 0 Å². The van der Waals surface area contributed by atoms with Crippen molar-refractivity contribution in [1.29, 1.82) is 0 Å². The van der Waals surface area contributed by atoms with Crippen LogP contribution in [-0.4, -0.2) is 15.5 Å². The Labute approximate surface area is 174 Å². The molecule has 29 heavy (non-hydrogen) atoms. The van der Waals surface area contributed by atoms with Crippen LogP contribution in [0.15, 0.2) is 60.7 Å². The first-order chi connectivity index (χ1) is 13.9. The lowest BCUT2D eigenvalue weighted by molar-refractivity contribution is 0.427. The summed E-state index contributed by atoms with van der Waals surface area (Å²) in [5, 5.41) is 3.43. The zero-order chi connectivity index (χ0) is 20.4. The molecule has 1 aliphatic rings. The van der Waals surface area contributed by atoms with Gasteiger partial charge in [0.15, 0.2) is 0 Å². The second kappa shape index (κ2) is 7.86. The van der Waals surface area contributed by atoms with Gasteiger partial charge in [-0.1, -0.05) is 68.4 Å². The zero-order valence-corrected chi connectivity index (χ0v) is 17.8. The van der Waals surface area contributed by atoms with Crippen molar-refractivity contribution in [2.45, 2.75) is 58.7 Å². The molecule has 150 valence electrons. The monoisotopic (exact) mass is 386 g/mol. The van der Waals surface area contributed by atoms with Crippen molar-refractivity contribution < 1.29 is 0 Å². The highest BCUT2D eigenvalue weighted by atomic mass is 15.3. The minimum absolute atomic E-state index is 0.00629. The largest absolute Gasteiger partial charge is 0.350 e. The molecule has 4 heteroatoms. The molecule has 0 radical (unpaired) electrons. The third-order valence-electron chi connectivity index (χ3n) is 5.69. The molecule has 2 heterocycles. The maximum Gasteiger partial charge on any atom is 0.225 e. The van der Waals surface area contributed by atoms with Crippen LogP contribution in [0.2, 0.25) is 0 Å². The lowest BCUT2D eigenvalue weighted by atomic mass is 9.85. The standard InChI is InChI=1S/C25H30N4/c1-18(2)22-14-23(28-24(27-22)26-16-19-10-6-5-7-11-19)29-17-21-13-9-8-12-20(21)15-25(29,3)4/h5-14,18H,15-17H2,1-4H3,(H,26,27,28). The van der Waals surface area contributed by atoms with Gasteiger partial charge in [-0.25, -0.2) is 4.98 Å². The Morgan fingerprint density at radius 1 is 0.966 bits per heavy atom. The van der Waals surface area contributed by atoms with Gasteiger partial charge in [-0.2, -0.15) is 4.98 Å². The van der Waals surface area contributed by atoms with E-state index in [2.05, 4.69) is 92.5 Å². The van der Waals surface area contributed by atoms with Crippen LogP contribution in [-0.2, 0) is 19.5 Å². The molecule has 1 N–H and O–H groups in total. The van der Waals surface area contributed by atoms with Crippen LogP contribution in [0.3, 0.4) is 0 Å². The fourth-order valence-electron chi connectivity index (χ4n) is 3.96. The highest BCUT2D eigenvalue weighted by Gasteiger charge is 2.34. The third kappa shape index (κ3) is 4.26. The molecular weight excluding hydrogens is 356 g/mol. The summed E-state index contributed by atoms with van der Waals surface area (Å²) in [5.41, 5.74) is 5.11. The summed E-state index contributed by atoms with van der Waals surface area (Å²) in [6.07, 6.45) is 1.01. The molecule has 0 fully saturated rings. The van der Waals surface area contributed by atoms with E-state index in [1.807, 2.05) is 6.07 Å². The summed E-state index contributed by atoms with van der Waals surface area (Å²) in [7, 11) is 0. The third-order valence-corrected chi connectivity index (χ3v) is 5.69. The summed E-state index contributed by atoms with van der Waals surface area (Å²) in [6, 6.07) is 21.3. The maximum absolute atomic E-state index is 4.93. The van der Waals surface area contributed by atoms with Gasteiger partial charge in [0, 0.05) is 24.7 Å². The number of benzene rings is 2. The van der Waals surface area contributed by atoms with E-state index in [9.17, 15) is 0 Å². The quantitative estimate of drug-likeness (QED) is 0.624. The van der Waals surface area contributed by atoms with E-state index in [4.69, 9.17) is 9.97 Å². The van der Waals surface area contributed by atoms with Gasteiger partial charge >= 0.3 is 0 Å². The van der Waals surface area contributed by atoms with Crippen molar-refractivity contribution in [3.05, 3.63) is 83.0 Å². The topological polar surface area (TPSA) is 41.1 Å². The van der Waals surface area contributed by atoms with Gasteiger partial charge in [0.2, 0.25) is 5.95 Å². The van der Waals surface area contributed by atoms with Crippen LogP contribution < -0.4 is 10.2 Å². The molecule has 0 atom stereocenters. The molecule has 4 rings (SSSR count). The molecule has 1 aromatic heterocycles. The number of rotatable bonds is 5. The Hall–Kier alpha value is -2.88. The number of nitrogens with zero attached hydrogens (tertiary/aromatic N) is 3. The normalized spacial score (nSPS) is 15.3. The van der Waals surface area contributed by atoms with Crippen molar-refractivity contribution in [3.63, 3.8) is 0 Å². The highest BCUT2D eigenvalue weighted by molar-refractivity contribution is 5.51. The van der Waals surface area contributed by atoms with Gasteiger partial charge in [0.1, 0.15) is 5.82 Å². The Morgan fingerprint density at radius 2 is 1.66 bits per heavy atom. The molecule has 0 spiro atoms. The molecule has 0 aliphatic carbocycles. The van der Waals surface area contributed by atoms with E-state index in [0.717, 1.165) is 24.5 Å². The molecule has 3 aromatic rings. The van der Waals surface area contributed by atoms with Crippen LogP contribution in [0.5, 0.6) is 0 Å². The number of aromatic nitrogens is 2. The van der Waals surface area contributed by atoms with Gasteiger partial charge in [0.25, 0.3) is 0 Å². The van der Waals surface area contributed by atoms with Crippen molar-refractivity contribution >= 4 is 11.8 Å². The summed E-state index contributed by atoms with van der Waals surface area (Å²) >= 11 is 0. The van der Waals surface area contributed by atoms with E-state index >= 15 is 0 Å². The van der Waals surface area contributed by atoms with Gasteiger partial charge in [-0.3, -0.25) is 0 Å². The Morgan fingerprint density at radius 3 is 2.38 bits per heavy atom. The van der Waals surface area contributed by atoms with Crippen molar-refractivity contribution in [3.8, 4) is 0 Å². The van der Waals surface area contributed by atoms with Gasteiger partial charge in [0.05, 0.1) is 5.69 Å². The smallest absolute Gasteiger partial charge is 0.225 e. The molecule has 0 saturated heterocycles. The predicted octanol–water partition coefficient (Wildman–Crippen LogP) is 5.55.